The highest BCUT2D eigenvalue weighted by Gasteiger charge is 2.34. The summed E-state index contributed by atoms with van der Waals surface area (Å²) in [5, 5.41) is 0. The van der Waals surface area contributed by atoms with Gasteiger partial charge in [0.25, 0.3) is 0 Å². The molecule has 0 aliphatic heterocycles. The van der Waals surface area contributed by atoms with E-state index in [0.717, 1.165) is 49.5 Å². The highest BCUT2D eigenvalue weighted by molar-refractivity contribution is 5.29. The fraction of sp³-hybridized carbons (Fsp3) is 0.786. The Morgan fingerprint density at radius 1 is 0.750 bits per heavy atom. The van der Waals surface area contributed by atoms with Gasteiger partial charge in [-0.2, -0.15) is 13.2 Å². The summed E-state index contributed by atoms with van der Waals surface area (Å²) in [6, 6.07) is 3.09. The maximum Gasteiger partial charge on any atom is 0.416 e. The van der Waals surface area contributed by atoms with Gasteiger partial charge in [0.1, 0.15) is 5.82 Å². The molecular formula is C28H42F4. The van der Waals surface area contributed by atoms with Gasteiger partial charge in [-0.25, -0.2) is 4.39 Å². The average molecular weight is 455 g/mol. The molecule has 3 rings (SSSR count). The van der Waals surface area contributed by atoms with Gasteiger partial charge in [-0.15, -0.1) is 0 Å². The van der Waals surface area contributed by atoms with Gasteiger partial charge in [-0.3, -0.25) is 0 Å². The zero-order valence-corrected chi connectivity index (χ0v) is 19.9. The van der Waals surface area contributed by atoms with Crippen molar-refractivity contribution in [3.8, 4) is 0 Å². The molecule has 0 heterocycles. The summed E-state index contributed by atoms with van der Waals surface area (Å²) in [7, 11) is 0. The van der Waals surface area contributed by atoms with E-state index < -0.39 is 17.6 Å². The van der Waals surface area contributed by atoms with Crippen LogP contribution in [-0.2, 0) is 6.18 Å². The molecule has 0 nitrogen and oxygen atoms in total. The molecule has 182 valence electrons. The number of unbranched alkanes of at least 4 members (excludes halogenated alkanes) is 6. The first kappa shape index (κ1) is 25.6. The Balaban J connectivity index is 1.35. The van der Waals surface area contributed by atoms with Crippen molar-refractivity contribution in [1.29, 1.82) is 0 Å². The van der Waals surface area contributed by atoms with Gasteiger partial charge in [0.15, 0.2) is 0 Å². The fourth-order valence-corrected chi connectivity index (χ4v) is 6.27. The standard InChI is InChI=1S/C28H42F4/c1-2-3-4-5-6-7-8-9-21-10-12-22(13-11-21)23-14-16-24(17-15-23)26-19-18-25(20-27(26)29)28(30,31)32/h18-24H,2-17H2,1H3. The molecule has 1 aromatic carbocycles. The first-order chi connectivity index (χ1) is 15.4. The Hall–Kier alpha value is -1.06. The molecule has 2 fully saturated rings. The Morgan fingerprint density at radius 2 is 1.31 bits per heavy atom. The van der Waals surface area contributed by atoms with E-state index in [0.29, 0.717) is 11.6 Å². The molecule has 0 radical (unpaired) electrons. The third-order valence-corrected chi connectivity index (χ3v) is 8.31. The Kier molecular flexibility index (Phi) is 9.92. The van der Waals surface area contributed by atoms with Crippen molar-refractivity contribution in [2.45, 2.75) is 122 Å². The maximum absolute atomic E-state index is 14.4. The van der Waals surface area contributed by atoms with Crippen LogP contribution in [0.1, 0.15) is 127 Å². The fourth-order valence-electron chi connectivity index (χ4n) is 6.27. The predicted molar refractivity (Wildman–Crippen MR) is 124 cm³/mol. The molecule has 0 bridgehead atoms. The van der Waals surface area contributed by atoms with E-state index in [2.05, 4.69) is 6.92 Å². The minimum absolute atomic E-state index is 0.0715. The number of benzene rings is 1. The predicted octanol–water partition coefficient (Wildman–Crippen LogP) is 10.1. The summed E-state index contributed by atoms with van der Waals surface area (Å²) in [4.78, 5) is 0. The molecule has 0 saturated heterocycles. The van der Waals surface area contributed by atoms with Crippen LogP contribution in [0.25, 0.3) is 0 Å². The summed E-state index contributed by atoms with van der Waals surface area (Å²) >= 11 is 0. The van der Waals surface area contributed by atoms with Crippen molar-refractivity contribution in [3.05, 3.63) is 35.1 Å². The number of halogens is 4. The lowest BCUT2D eigenvalue weighted by atomic mass is 9.68. The van der Waals surface area contributed by atoms with Gasteiger partial charge in [-0.1, -0.05) is 77.2 Å². The van der Waals surface area contributed by atoms with E-state index >= 15 is 0 Å². The van der Waals surface area contributed by atoms with Crippen molar-refractivity contribution in [2.75, 3.05) is 0 Å². The second-order valence-electron chi connectivity index (χ2n) is 10.5. The van der Waals surface area contributed by atoms with Crippen LogP contribution >= 0.6 is 0 Å². The summed E-state index contributed by atoms with van der Waals surface area (Å²) in [5.41, 5.74) is -0.407. The monoisotopic (exact) mass is 454 g/mol. The summed E-state index contributed by atoms with van der Waals surface area (Å²) < 4.78 is 52.8. The van der Waals surface area contributed by atoms with Crippen LogP contribution in [0.15, 0.2) is 18.2 Å². The molecule has 32 heavy (non-hydrogen) atoms. The molecule has 2 aliphatic carbocycles. The maximum atomic E-state index is 14.4. The van der Waals surface area contributed by atoms with E-state index in [4.69, 9.17) is 0 Å². The van der Waals surface area contributed by atoms with Crippen LogP contribution in [0.2, 0.25) is 0 Å². The SMILES string of the molecule is CCCCCCCCCC1CCC(C2CCC(c3ccc(C(F)(F)F)cc3F)CC2)CC1. The minimum Gasteiger partial charge on any atom is -0.207 e. The van der Waals surface area contributed by atoms with Crippen LogP contribution in [0, 0.1) is 23.6 Å². The number of hydrogen-bond donors (Lipinski definition) is 0. The first-order valence-corrected chi connectivity index (χ1v) is 13.2. The van der Waals surface area contributed by atoms with Crippen LogP contribution in [0.3, 0.4) is 0 Å². The van der Waals surface area contributed by atoms with Crippen LogP contribution < -0.4 is 0 Å². The highest BCUT2D eigenvalue weighted by atomic mass is 19.4. The molecule has 0 aromatic heterocycles. The number of alkyl halides is 3. The molecule has 2 aliphatic rings. The van der Waals surface area contributed by atoms with Gasteiger partial charge >= 0.3 is 6.18 Å². The molecular weight excluding hydrogens is 412 g/mol. The summed E-state index contributed by atoms with van der Waals surface area (Å²) in [5.74, 6) is 1.83. The molecule has 0 amide bonds. The molecule has 0 spiro atoms. The third kappa shape index (κ3) is 7.48. The lowest BCUT2D eigenvalue weighted by molar-refractivity contribution is -0.137. The van der Waals surface area contributed by atoms with Crippen molar-refractivity contribution in [2.24, 2.45) is 17.8 Å². The van der Waals surface area contributed by atoms with Crippen molar-refractivity contribution >= 4 is 0 Å². The van der Waals surface area contributed by atoms with Crippen molar-refractivity contribution < 1.29 is 17.6 Å². The highest BCUT2D eigenvalue weighted by Crippen LogP contribution is 2.45. The summed E-state index contributed by atoms with van der Waals surface area (Å²) in [6.45, 7) is 2.26. The van der Waals surface area contributed by atoms with Crippen molar-refractivity contribution in [3.63, 3.8) is 0 Å². The minimum atomic E-state index is -4.48. The Labute approximate surface area is 192 Å². The molecule has 4 heteroatoms. The van der Waals surface area contributed by atoms with E-state index in [1.165, 1.54) is 83.1 Å². The Morgan fingerprint density at radius 3 is 1.88 bits per heavy atom. The third-order valence-electron chi connectivity index (χ3n) is 8.31. The lowest BCUT2D eigenvalue weighted by Crippen LogP contribution is -2.25. The summed E-state index contributed by atoms with van der Waals surface area (Å²) in [6.07, 6.45) is 16.0. The zero-order chi connectivity index (χ0) is 23.0. The van der Waals surface area contributed by atoms with Gasteiger partial charge in [-0.05, 0) is 79.9 Å². The second-order valence-corrected chi connectivity index (χ2v) is 10.5. The smallest absolute Gasteiger partial charge is 0.207 e. The van der Waals surface area contributed by atoms with Gasteiger partial charge < -0.3 is 0 Å². The van der Waals surface area contributed by atoms with Crippen LogP contribution in [0.5, 0.6) is 0 Å². The van der Waals surface area contributed by atoms with E-state index in [1.54, 1.807) is 0 Å². The van der Waals surface area contributed by atoms with Gasteiger partial charge in [0, 0.05) is 0 Å². The normalized spacial score (nSPS) is 26.9. The molecule has 0 unspecified atom stereocenters. The quantitative estimate of drug-likeness (QED) is 0.244. The largest absolute Gasteiger partial charge is 0.416 e. The second kappa shape index (κ2) is 12.4. The number of hydrogen-bond acceptors (Lipinski definition) is 0. The Bertz CT molecular complexity index is 665. The van der Waals surface area contributed by atoms with E-state index in [1.807, 2.05) is 0 Å². The molecule has 0 N–H and O–H groups in total. The van der Waals surface area contributed by atoms with E-state index in [9.17, 15) is 17.6 Å². The van der Waals surface area contributed by atoms with Crippen LogP contribution in [0.4, 0.5) is 17.6 Å². The first-order valence-electron chi connectivity index (χ1n) is 13.2. The number of rotatable bonds is 10. The van der Waals surface area contributed by atoms with Crippen molar-refractivity contribution in [1.82, 2.24) is 0 Å². The molecule has 0 atom stereocenters. The topological polar surface area (TPSA) is 0 Å². The van der Waals surface area contributed by atoms with Gasteiger partial charge in [0.05, 0.1) is 5.56 Å². The van der Waals surface area contributed by atoms with Crippen LogP contribution in [-0.4, -0.2) is 0 Å². The average Bonchev–Trinajstić information content (AvgIpc) is 2.78. The van der Waals surface area contributed by atoms with E-state index in [-0.39, 0.29) is 5.92 Å². The lowest BCUT2D eigenvalue weighted by Gasteiger charge is -2.38. The molecule has 2 saturated carbocycles. The van der Waals surface area contributed by atoms with Gasteiger partial charge in [0.2, 0.25) is 0 Å². The molecule has 1 aromatic rings. The zero-order valence-electron chi connectivity index (χ0n) is 19.9.